The van der Waals surface area contributed by atoms with Gasteiger partial charge in [-0.05, 0) is 40.0 Å². The molecule has 1 aliphatic heterocycles. The van der Waals surface area contributed by atoms with Crippen molar-refractivity contribution < 1.29 is 27.8 Å². The average Bonchev–Trinajstić information content (AvgIpc) is 2.29. The molecule has 0 aliphatic carbocycles. The summed E-state index contributed by atoms with van der Waals surface area (Å²) in [6.45, 7) is 4.14. The molecule has 1 heterocycles. The van der Waals surface area contributed by atoms with Crippen molar-refractivity contribution in [2.24, 2.45) is 0 Å². The second-order valence-electron chi connectivity index (χ2n) is 4.43. The smallest absolute Gasteiger partial charge is 0.475 e. The van der Waals surface area contributed by atoms with Gasteiger partial charge in [-0.2, -0.15) is 13.2 Å². The van der Waals surface area contributed by atoms with Crippen LogP contribution in [0.1, 0.15) is 12.8 Å². The van der Waals surface area contributed by atoms with E-state index >= 15 is 0 Å². The van der Waals surface area contributed by atoms with Crippen molar-refractivity contribution in [2.75, 3.05) is 40.3 Å². The Morgan fingerprint density at radius 1 is 1.37 bits per heavy atom. The van der Waals surface area contributed by atoms with Gasteiger partial charge in [0.15, 0.2) is 0 Å². The molecule has 0 amide bonds. The van der Waals surface area contributed by atoms with Crippen molar-refractivity contribution in [3.05, 3.63) is 0 Å². The normalized spacial score (nSPS) is 16.9. The molecule has 1 rings (SSSR count). The minimum Gasteiger partial charge on any atom is -0.475 e. The van der Waals surface area contributed by atoms with E-state index in [-0.39, 0.29) is 0 Å². The van der Waals surface area contributed by atoms with Gasteiger partial charge in [0.05, 0.1) is 12.7 Å². The van der Waals surface area contributed by atoms with Crippen LogP contribution in [0.4, 0.5) is 13.2 Å². The van der Waals surface area contributed by atoms with E-state index in [0.29, 0.717) is 6.10 Å². The van der Waals surface area contributed by atoms with Crippen molar-refractivity contribution >= 4 is 5.97 Å². The number of rotatable bonds is 4. The summed E-state index contributed by atoms with van der Waals surface area (Å²) in [4.78, 5) is 11.0. The van der Waals surface area contributed by atoms with Gasteiger partial charge >= 0.3 is 12.1 Å². The maximum absolute atomic E-state index is 10.6. The fraction of sp³-hybridized carbons (Fsp3) is 0.909. The summed E-state index contributed by atoms with van der Waals surface area (Å²) in [5.74, 6) is -2.76. The van der Waals surface area contributed by atoms with Crippen LogP contribution in [-0.4, -0.2) is 68.6 Å². The SMILES string of the molecule is CN(C)CCOC1CCNCC1.O=C(O)C(F)(F)F. The van der Waals surface area contributed by atoms with Crippen LogP contribution in [0.25, 0.3) is 0 Å². The van der Waals surface area contributed by atoms with Gasteiger partial charge in [-0.15, -0.1) is 0 Å². The number of hydrogen-bond donors (Lipinski definition) is 2. The van der Waals surface area contributed by atoms with Gasteiger partial charge in [-0.25, -0.2) is 4.79 Å². The third kappa shape index (κ3) is 10.7. The Morgan fingerprint density at radius 2 is 1.84 bits per heavy atom. The minimum atomic E-state index is -5.08. The predicted molar refractivity (Wildman–Crippen MR) is 64.1 cm³/mol. The Labute approximate surface area is 110 Å². The molecule has 5 nitrogen and oxygen atoms in total. The van der Waals surface area contributed by atoms with Gasteiger partial charge < -0.3 is 20.1 Å². The Hall–Kier alpha value is -0.860. The lowest BCUT2D eigenvalue weighted by Gasteiger charge is -2.23. The maximum Gasteiger partial charge on any atom is 0.490 e. The molecular weight excluding hydrogens is 265 g/mol. The summed E-state index contributed by atoms with van der Waals surface area (Å²) in [6, 6.07) is 0. The second-order valence-corrected chi connectivity index (χ2v) is 4.43. The van der Waals surface area contributed by atoms with Crippen molar-refractivity contribution in [2.45, 2.75) is 25.1 Å². The molecule has 2 N–H and O–H groups in total. The summed E-state index contributed by atoms with van der Waals surface area (Å²) in [7, 11) is 4.15. The van der Waals surface area contributed by atoms with Crippen molar-refractivity contribution in [3.8, 4) is 0 Å². The molecule has 8 heteroatoms. The second kappa shape index (κ2) is 9.11. The molecule has 1 fully saturated rings. The summed E-state index contributed by atoms with van der Waals surface area (Å²) < 4.78 is 37.4. The monoisotopic (exact) mass is 286 g/mol. The topological polar surface area (TPSA) is 61.8 Å². The highest BCUT2D eigenvalue weighted by atomic mass is 19.4. The number of carboxylic acids is 1. The molecule has 0 spiro atoms. The highest BCUT2D eigenvalue weighted by molar-refractivity contribution is 5.73. The number of halogens is 3. The van der Waals surface area contributed by atoms with E-state index in [2.05, 4.69) is 24.3 Å². The predicted octanol–water partition coefficient (Wildman–Crippen LogP) is 0.950. The molecule has 0 aromatic carbocycles. The third-order valence-corrected chi connectivity index (χ3v) is 2.42. The van der Waals surface area contributed by atoms with Gasteiger partial charge in [-0.1, -0.05) is 0 Å². The fourth-order valence-electron chi connectivity index (χ4n) is 1.36. The van der Waals surface area contributed by atoms with Crippen LogP contribution in [0, 0.1) is 0 Å². The Morgan fingerprint density at radius 3 is 2.21 bits per heavy atom. The summed E-state index contributed by atoms with van der Waals surface area (Å²) in [6.07, 6.45) is -2.23. The van der Waals surface area contributed by atoms with E-state index in [9.17, 15) is 13.2 Å². The van der Waals surface area contributed by atoms with Gasteiger partial charge in [0.1, 0.15) is 0 Å². The fourth-order valence-corrected chi connectivity index (χ4v) is 1.36. The maximum atomic E-state index is 10.6. The van der Waals surface area contributed by atoms with Gasteiger partial charge in [0.25, 0.3) is 0 Å². The Bertz CT molecular complexity index is 254. The molecule has 19 heavy (non-hydrogen) atoms. The number of aliphatic carboxylic acids is 1. The first-order valence-corrected chi connectivity index (χ1v) is 6.00. The van der Waals surface area contributed by atoms with Crippen LogP contribution >= 0.6 is 0 Å². The summed E-state index contributed by atoms with van der Waals surface area (Å²) in [5.41, 5.74) is 0. The summed E-state index contributed by atoms with van der Waals surface area (Å²) in [5, 5.41) is 10.4. The lowest BCUT2D eigenvalue weighted by molar-refractivity contribution is -0.192. The van der Waals surface area contributed by atoms with Crippen LogP contribution < -0.4 is 5.32 Å². The molecule has 0 atom stereocenters. The number of nitrogens with zero attached hydrogens (tertiary/aromatic N) is 1. The van der Waals surface area contributed by atoms with E-state index in [1.54, 1.807) is 0 Å². The third-order valence-electron chi connectivity index (χ3n) is 2.42. The minimum absolute atomic E-state index is 0.506. The van der Waals surface area contributed by atoms with Crippen molar-refractivity contribution in [3.63, 3.8) is 0 Å². The van der Waals surface area contributed by atoms with Crippen molar-refractivity contribution in [1.82, 2.24) is 10.2 Å². The molecule has 0 bridgehead atoms. The van der Waals surface area contributed by atoms with E-state index < -0.39 is 12.1 Å². The Balaban J connectivity index is 0.000000399. The highest BCUT2D eigenvalue weighted by Gasteiger charge is 2.38. The molecule has 1 saturated heterocycles. The van der Waals surface area contributed by atoms with Crippen LogP contribution in [0.3, 0.4) is 0 Å². The molecular formula is C11H21F3N2O3. The van der Waals surface area contributed by atoms with Gasteiger partial charge in [0.2, 0.25) is 0 Å². The van der Waals surface area contributed by atoms with Gasteiger partial charge in [0, 0.05) is 6.54 Å². The standard InChI is InChI=1S/C9H20N2O.C2HF3O2/c1-11(2)7-8-12-9-3-5-10-6-4-9;3-2(4,5)1(6)7/h9-10H,3-8H2,1-2H3;(H,6,7). The molecule has 0 radical (unpaired) electrons. The zero-order valence-corrected chi connectivity index (χ0v) is 11.2. The first-order valence-electron chi connectivity index (χ1n) is 6.00. The van der Waals surface area contributed by atoms with Gasteiger partial charge in [-0.3, -0.25) is 0 Å². The molecule has 0 aromatic heterocycles. The number of carbonyl (C=O) groups is 1. The van der Waals surface area contributed by atoms with Crippen LogP contribution in [-0.2, 0) is 9.53 Å². The van der Waals surface area contributed by atoms with E-state index in [0.717, 1.165) is 26.2 Å². The Kier molecular flexibility index (Phi) is 8.70. The number of piperidine rings is 1. The van der Waals surface area contributed by atoms with Crippen molar-refractivity contribution in [1.29, 1.82) is 0 Å². The number of nitrogens with one attached hydrogen (secondary N) is 1. The summed E-state index contributed by atoms with van der Waals surface area (Å²) >= 11 is 0. The zero-order chi connectivity index (χ0) is 14.9. The van der Waals surface area contributed by atoms with Crippen LogP contribution in [0.5, 0.6) is 0 Å². The van der Waals surface area contributed by atoms with Crippen LogP contribution in [0.15, 0.2) is 0 Å². The van der Waals surface area contributed by atoms with E-state index in [1.165, 1.54) is 12.8 Å². The van der Waals surface area contributed by atoms with E-state index in [4.69, 9.17) is 14.6 Å². The largest absolute Gasteiger partial charge is 0.490 e. The lowest BCUT2D eigenvalue weighted by Crippen LogP contribution is -2.33. The first kappa shape index (κ1) is 18.1. The van der Waals surface area contributed by atoms with E-state index in [1.807, 2.05) is 0 Å². The molecule has 0 aromatic rings. The molecule has 0 unspecified atom stereocenters. The highest BCUT2D eigenvalue weighted by Crippen LogP contribution is 2.13. The molecule has 1 aliphatic rings. The number of alkyl halides is 3. The zero-order valence-electron chi connectivity index (χ0n) is 11.2. The molecule has 0 saturated carbocycles. The lowest BCUT2D eigenvalue weighted by atomic mass is 10.1. The average molecular weight is 286 g/mol. The van der Waals surface area contributed by atoms with Crippen LogP contribution in [0.2, 0.25) is 0 Å². The number of carboxylic acid groups (broad SMARTS) is 1. The number of likely N-dealkylation sites (N-methyl/N-ethyl adjacent to an activating group) is 1. The first-order chi connectivity index (χ1) is 8.73. The number of ether oxygens (including phenoxy) is 1. The number of hydrogen-bond acceptors (Lipinski definition) is 4. The quantitative estimate of drug-likeness (QED) is 0.805. The molecule has 114 valence electrons.